The topological polar surface area (TPSA) is 93.5 Å². The van der Waals surface area contributed by atoms with E-state index in [0.717, 1.165) is 5.56 Å². The molecule has 0 radical (unpaired) electrons. The molecule has 2 heterocycles. The van der Waals surface area contributed by atoms with Crippen molar-refractivity contribution in [1.82, 2.24) is 5.32 Å². The molecule has 8 heteroatoms. The van der Waals surface area contributed by atoms with Crippen molar-refractivity contribution in [2.45, 2.75) is 37.1 Å². The van der Waals surface area contributed by atoms with Crippen LogP contribution in [0.2, 0.25) is 5.02 Å². The third-order valence-corrected chi connectivity index (χ3v) is 6.95. The van der Waals surface area contributed by atoms with Crippen LogP contribution < -0.4 is 15.4 Å². The van der Waals surface area contributed by atoms with Gasteiger partial charge in [0.25, 0.3) is 11.9 Å². The van der Waals surface area contributed by atoms with E-state index in [1.54, 1.807) is 36.4 Å². The first-order valence-corrected chi connectivity index (χ1v) is 11.1. The fourth-order valence-electron chi connectivity index (χ4n) is 5.18. The minimum atomic E-state index is -1.46. The lowest BCUT2D eigenvalue weighted by Gasteiger charge is -2.26. The van der Waals surface area contributed by atoms with Crippen molar-refractivity contribution in [2.24, 2.45) is 0 Å². The lowest BCUT2D eigenvalue weighted by molar-refractivity contribution is -0.532. The summed E-state index contributed by atoms with van der Waals surface area (Å²) in [5.74, 6) is -0.472. The molecule has 0 bridgehead atoms. The Bertz CT molecular complexity index is 1250. The summed E-state index contributed by atoms with van der Waals surface area (Å²) in [6.07, 6.45) is 0. The van der Waals surface area contributed by atoms with Crippen LogP contribution in [0.3, 0.4) is 0 Å². The summed E-state index contributed by atoms with van der Waals surface area (Å²) in [7, 11) is 0. The summed E-state index contributed by atoms with van der Waals surface area (Å²) >= 11 is 6.27. The van der Waals surface area contributed by atoms with Gasteiger partial charge in [-0.25, -0.2) is 0 Å². The number of carbonyl (C=O) groups excluding carboxylic acids is 1. The number of nitrogens with one attached hydrogen (secondary N) is 2. The van der Waals surface area contributed by atoms with Crippen molar-refractivity contribution in [3.05, 3.63) is 105 Å². The normalized spacial score (nSPS) is 25.6. The Labute approximate surface area is 195 Å². The second-order valence-corrected chi connectivity index (χ2v) is 8.82. The second-order valence-electron chi connectivity index (χ2n) is 8.41. The molecule has 0 aromatic heterocycles. The summed E-state index contributed by atoms with van der Waals surface area (Å²) in [6.45, 7) is 2.10. The van der Waals surface area contributed by atoms with E-state index in [-0.39, 0.29) is 17.6 Å². The average Bonchev–Trinajstić information content (AvgIpc) is 3.27. The molecule has 0 saturated carbocycles. The highest BCUT2D eigenvalue weighted by Crippen LogP contribution is 2.50. The Morgan fingerprint density at radius 2 is 1.76 bits per heavy atom. The first-order chi connectivity index (χ1) is 15.9. The van der Waals surface area contributed by atoms with E-state index in [2.05, 4.69) is 10.6 Å². The van der Waals surface area contributed by atoms with E-state index in [1.807, 2.05) is 43.3 Å². The molecule has 3 aromatic carbocycles. The maximum atomic E-state index is 13.2. The maximum absolute atomic E-state index is 13.2. The van der Waals surface area contributed by atoms with Gasteiger partial charge >= 0.3 is 0 Å². The van der Waals surface area contributed by atoms with Crippen LogP contribution in [0, 0.1) is 10.1 Å². The van der Waals surface area contributed by atoms with Gasteiger partial charge in [-0.2, -0.15) is 0 Å². The molecule has 3 aromatic rings. The summed E-state index contributed by atoms with van der Waals surface area (Å²) in [5.41, 5.74) is 1.23. The average molecular weight is 464 g/mol. The number of nitrogens with zero attached hydrogens (tertiary/aromatic N) is 1. The Kier molecular flexibility index (Phi) is 5.31. The van der Waals surface area contributed by atoms with Crippen LogP contribution in [0.4, 0.5) is 5.69 Å². The highest BCUT2D eigenvalue weighted by atomic mass is 35.5. The Hall–Kier alpha value is -3.42. The van der Waals surface area contributed by atoms with Crippen LogP contribution in [-0.2, 0) is 16.9 Å². The number of carbonyl (C=O) groups is 1. The van der Waals surface area contributed by atoms with E-state index in [9.17, 15) is 14.9 Å². The molecule has 1 fully saturated rings. The van der Waals surface area contributed by atoms with Crippen molar-refractivity contribution >= 4 is 23.2 Å². The largest absolute Gasteiger partial charge is 0.489 e. The Balaban J connectivity index is 1.56. The fraction of sp³-hybridized carbons (Fsp3) is 0.240. The number of hydrogen-bond acceptors (Lipinski definition) is 5. The van der Waals surface area contributed by atoms with Crippen LogP contribution in [0.5, 0.6) is 5.75 Å². The molecule has 7 nitrogen and oxygen atoms in total. The summed E-state index contributed by atoms with van der Waals surface area (Å²) < 4.78 is 6.10. The lowest BCUT2D eigenvalue weighted by Crippen LogP contribution is -2.54. The van der Waals surface area contributed by atoms with Crippen LogP contribution in [-0.4, -0.2) is 22.9 Å². The lowest BCUT2D eigenvalue weighted by atomic mass is 9.78. The molecule has 2 aliphatic rings. The molecule has 1 saturated heterocycles. The van der Waals surface area contributed by atoms with Gasteiger partial charge in [0.1, 0.15) is 12.4 Å². The zero-order valence-electron chi connectivity index (χ0n) is 17.8. The van der Waals surface area contributed by atoms with Crippen LogP contribution in [0.1, 0.15) is 29.5 Å². The highest BCUT2D eigenvalue weighted by molar-refractivity contribution is 6.31. The van der Waals surface area contributed by atoms with Gasteiger partial charge in [0.15, 0.2) is 5.54 Å². The smallest absolute Gasteiger partial charge is 0.256 e. The second kappa shape index (κ2) is 8.17. The Morgan fingerprint density at radius 1 is 1.06 bits per heavy atom. The Morgan fingerprint density at radius 3 is 2.55 bits per heavy atom. The third kappa shape index (κ3) is 3.35. The first-order valence-electron chi connectivity index (χ1n) is 10.7. The number of para-hydroxylation sites is 2. The minimum Gasteiger partial charge on any atom is -0.489 e. The van der Waals surface area contributed by atoms with Crippen LogP contribution >= 0.6 is 11.6 Å². The molecule has 5 rings (SSSR count). The molecule has 4 atom stereocenters. The fourth-order valence-corrected chi connectivity index (χ4v) is 5.37. The predicted molar refractivity (Wildman–Crippen MR) is 125 cm³/mol. The molecular weight excluding hydrogens is 442 g/mol. The molecule has 0 unspecified atom stereocenters. The van der Waals surface area contributed by atoms with Crippen molar-refractivity contribution in [3.63, 3.8) is 0 Å². The summed E-state index contributed by atoms with van der Waals surface area (Å²) in [4.78, 5) is 25.4. The molecule has 33 heavy (non-hydrogen) atoms. The number of nitro groups is 1. The molecular formula is C25H22ClN3O4. The van der Waals surface area contributed by atoms with Gasteiger partial charge in [-0.05, 0) is 25.1 Å². The van der Waals surface area contributed by atoms with Gasteiger partial charge in [0.05, 0.1) is 5.92 Å². The summed E-state index contributed by atoms with van der Waals surface area (Å²) in [6, 6.07) is 20.2. The standard InChI is InChI=1S/C25H22ClN3O4/c1-15-22(17-9-3-7-13-21(17)33-14-16-8-2-5-11-19(16)26)23(29(31)32)25(28-15)18-10-4-6-12-20(18)27-24(25)30/h2-13,15,22-23,28H,14H2,1H3,(H,27,30)/t15-,22+,23+,25-/m0/s1. The number of benzene rings is 3. The van der Waals surface area contributed by atoms with Crippen LogP contribution in [0.15, 0.2) is 72.8 Å². The highest BCUT2D eigenvalue weighted by Gasteiger charge is 2.67. The number of rotatable bonds is 5. The number of amides is 1. The van der Waals surface area contributed by atoms with Gasteiger partial charge in [-0.3, -0.25) is 20.2 Å². The molecule has 1 amide bonds. The van der Waals surface area contributed by atoms with Crippen molar-refractivity contribution < 1.29 is 14.5 Å². The number of fused-ring (bicyclic) bond motifs is 2. The molecule has 2 aliphatic heterocycles. The molecule has 0 aliphatic carbocycles. The third-order valence-electron chi connectivity index (χ3n) is 6.58. The minimum absolute atomic E-state index is 0.225. The zero-order valence-corrected chi connectivity index (χ0v) is 18.6. The number of halogens is 1. The van der Waals surface area contributed by atoms with Crippen molar-refractivity contribution in [2.75, 3.05) is 5.32 Å². The zero-order chi connectivity index (χ0) is 23.2. The number of ether oxygens (including phenoxy) is 1. The van der Waals surface area contributed by atoms with E-state index in [4.69, 9.17) is 16.3 Å². The van der Waals surface area contributed by atoms with Gasteiger partial charge in [0.2, 0.25) is 0 Å². The van der Waals surface area contributed by atoms with Crippen molar-refractivity contribution in [3.8, 4) is 5.75 Å². The molecule has 2 N–H and O–H groups in total. The van der Waals surface area contributed by atoms with E-state index in [0.29, 0.717) is 27.6 Å². The maximum Gasteiger partial charge on any atom is 0.256 e. The number of anilines is 1. The molecule has 1 spiro atoms. The SMILES string of the molecule is C[C@@H]1N[C@]2(C(=O)Nc3ccccc32)[C@H]([N+](=O)[O-])[C@H]1c1ccccc1OCc1ccccc1Cl. The van der Waals surface area contributed by atoms with E-state index >= 15 is 0 Å². The predicted octanol–water partition coefficient (Wildman–Crippen LogP) is 4.49. The monoisotopic (exact) mass is 463 g/mol. The first kappa shape index (κ1) is 21.4. The van der Waals surface area contributed by atoms with Crippen LogP contribution in [0.25, 0.3) is 0 Å². The number of hydrogen-bond donors (Lipinski definition) is 2. The van der Waals surface area contributed by atoms with Gasteiger partial charge in [-0.15, -0.1) is 0 Å². The van der Waals surface area contributed by atoms with Gasteiger partial charge in [-0.1, -0.05) is 66.2 Å². The van der Waals surface area contributed by atoms with Crippen molar-refractivity contribution in [1.29, 1.82) is 0 Å². The van der Waals surface area contributed by atoms with Gasteiger partial charge < -0.3 is 10.1 Å². The summed E-state index contributed by atoms with van der Waals surface area (Å²) in [5, 5.41) is 19.2. The van der Waals surface area contributed by atoms with Gasteiger partial charge in [0, 0.05) is 38.4 Å². The van der Waals surface area contributed by atoms with E-state index in [1.165, 1.54) is 0 Å². The van der Waals surface area contributed by atoms with E-state index < -0.39 is 23.4 Å². The molecule has 168 valence electrons. The quantitative estimate of drug-likeness (QED) is 0.429.